The average molecular weight is 241 g/mol. The van der Waals surface area contributed by atoms with Crippen LogP contribution in [-0.4, -0.2) is 11.1 Å². The van der Waals surface area contributed by atoms with Gasteiger partial charge in [-0.05, 0) is 6.07 Å². The van der Waals surface area contributed by atoms with Crippen LogP contribution in [0.15, 0.2) is 12.1 Å². The molecule has 0 heterocycles. The molecule has 0 saturated carbocycles. The second-order valence-corrected chi connectivity index (χ2v) is 2.67. The van der Waals surface area contributed by atoms with Crippen molar-refractivity contribution in [3.8, 4) is 0 Å². The minimum absolute atomic E-state index is 0. The number of rotatable bonds is 2. The van der Waals surface area contributed by atoms with Crippen molar-refractivity contribution in [3.05, 3.63) is 28.5 Å². The van der Waals surface area contributed by atoms with Crippen molar-refractivity contribution in [1.29, 1.82) is 0 Å². The highest BCUT2D eigenvalue weighted by Gasteiger charge is 2.13. The summed E-state index contributed by atoms with van der Waals surface area (Å²) >= 11 is 5.38. The van der Waals surface area contributed by atoms with Crippen LogP contribution in [-0.2, 0) is 0 Å². The molecule has 4 N–H and O–H groups in total. The first-order valence-corrected chi connectivity index (χ1v) is 3.63. The lowest BCUT2D eigenvalue weighted by Crippen LogP contribution is -2.12. The van der Waals surface area contributed by atoms with E-state index >= 15 is 0 Å². The Kier molecular flexibility index (Phi) is 4.62. The lowest BCUT2D eigenvalue weighted by Gasteiger charge is -2.05. The minimum atomic E-state index is -1.23. The third-order valence-electron chi connectivity index (χ3n) is 1.45. The van der Waals surface area contributed by atoms with Crippen LogP contribution in [0.1, 0.15) is 10.4 Å². The van der Waals surface area contributed by atoms with Crippen molar-refractivity contribution in [2.24, 2.45) is 5.84 Å². The zero-order chi connectivity index (χ0) is 10.0. The minimum Gasteiger partial charge on any atom is -0.478 e. The Morgan fingerprint density at radius 3 is 2.57 bits per heavy atom. The van der Waals surface area contributed by atoms with E-state index in [9.17, 15) is 9.18 Å². The first-order valence-electron chi connectivity index (χ1n) is 3.25. The van der Waals surface area contributed by atoms with Crippen LogP contribution in [0.25, 0.3) is 0 Å². The molecule has 0 aliphatic carbocycles. The summed E-state index contributed by atoms with van der Waals surface area (Å²) in [6.07, 6.45) is 0. The number of hydrazine groups is 1. The highest BCUT2D eigenvalue weighted by atomic mass is 35.5. The van der Waals surface area contributed by atoms with E-state index in [1.54, 1.807) is 0 Å². The second-order valence-electron chi connectivity index (χ2n) is 2.26. The number of benzene rings is 1. The van der Waals surface area contributed by atoms with E-state index in [1.165, 1.54) is 0 Å². The van der Waals surface area contributed by atoms with Gasteiger partial charge < -0.3 is 10.5 Å². The SMILES string of the molecule is Cl.NNc1cc(F)c(Cl)cc1C(=O)O. The maximum atomic E-state index is 12.8. The number of hydrogen-bond acceptors (Lipinski definition) is 3. The van der Waals surface area contributed by atoms with Gasteiger partial charge in [-0.25, -0.2) is 9.18 Å². The van der Waals surface area contributed by atoms with Crippen LogP contribution < -0.4 is 11.3 Å². The molecule has 14 heavy (non-hydrogen) atoms. The molecule has 78 valence electrons. The van der Waals surface area contributed by atoms with Gasteiger partial charge in [0.1, 0.15) is 5.82 Å². The molecule has 0 bridgehead atoms. The predicted octanol–water partition coefficient (Wildman–Crippen LogP) is 1.88. The lowest BCUT2D eigenvalue weighted by molar-refractivity contribution is 0.0698. The van der Waals surface area contributed by atoms with Gasteiger partial charge in [0.2, 0.25) is 0 Å². The lowest BCUT2D eigenvalue weighted by atomic mass is 10.2. The monoisotopic (exact) mass is 240 g/mol. The summed E-state index contributed by atoms with van der Waals surface area (Å²) in [5, 5.41) is 8.38. The number of carbonyl (C=O) groups is 1. The van der Waals surface area contributed by atoms with Crippen LogP contribution in [0, 0.1) is 5.82 Å². The van der Waals surface area contributed by atoms with Crippen LogP contribution in [0.2, 0.25) is 5.02 Å². The van der Waals surface area contributed by atoms with E-state index in [2.05, 4.69) is 5.43 Å². The van der Waals surface area contributed by atoms with Crippen molar-refractivity contribution in [3.63, 3.8) is 0 Å². The fourth-order valence-electron chi connectivity index (χ4n) is 0.843. The molecule has 0 aliphatic heterocycles. The molecular formula is C7H7Cl2FN2O2. The van der Waals surface area contributed by atoms with Gasteiger partial charge in [0.15, 0.2) is 0 Å². The molecule has 0 radical (unpaired) electrons. The van der Waals surface area contributed by atoms with E-state index in [4.69, 9.17) is 22.6 Å². The molecule has 7 heteroatoms. The molecule has 0 unspecified atom stereocenters. The normalized spacial score (nSPS) is 9.07. The largest absolute Gasteiger partial charge is 0.478 e. The fourth-order valence-corrected chi connectivity index (χ4v) is 1.01. The Balaban J connectivity index is 0.00000169. The Hall–Kier alpha value is -1.04. The third kappa shape index (κ3) is 2.47. The number of nitrogens with two attached hydrogens (primary N) is 1. The molecule has 0 fully saturated rings. The molecular weight excluding hydrogens is 234 g/mol. The van der Waals surface area contributed by atoms with Crippen molar-refractivity contribution in [2.45, 2.75) is 0 Å². The molecule has 1 rings (SSSR count). The summed E-state index contributed by atoms with van der Waals surface area (Å²) in [6.45, 7) is 0. The van der Waals surface area contributed by atoms with Crippen molar-refractivity contribution in [1.82, 2.24) is 0 Å². The van der Waals surface area contributed by atoms with Gasteiger partial charge in [-0.3, -0.25) is 5.84 Å². The molecule has 0 atom stereocenters. The highest BCUT2D eigenvalue weighted by molar-refractivity contribution is 6.31. The Morgan fingerprint density at radius 2 is 2.14 bits per heavy atom. The van der Waals surface area contributed by atoms with Gasteiger partial charge in [-0.15, -0.1) is 12.4 Å². The third-order valence-corrected chi connectivity index (χ3v) is 1.74. The van der Waals surface area contributed by atoms with E-state index in [0.29, 0.717) is 0 Å². The van der Waals surface area contributed by atoms with Gasteiger partial charge in [-0.1, -0.05) is 11.6 Å². The van der Waals surface area contributed by atoms with E-state index in [1.807, 2.05) is 0 Å². The Bertz CT molecular complexity index is 360. The van der Waals surface area contributed by atoms with Crippen LogP contribution in [0.5, 0.6) is 0 Å². The van der Waals surface area contributed by atoms with E-state index in [-0.39, 0.29) is 28.7 Å². The first kappa shape index (κ1) is 13.0. The van der Waals surface area contributed by atoms with Crippen molar-refractivity contribution < 1.29 is 14.3 Å². The summed E-state index contributed by atoms with van der Waals surface area (Å²) in [6, 6.07) is 1.92. The second kappa shape index (κ2) is 4.99. The highest BCUT2D eigenvalue weighted by Crippen LogP contribution is 2.23. The van der Waals surface area contributed by atoms with Gasteiger partial charge >= 0.3 is 5.97 Å². The molecule has 0 aliphatic rings. The van der Waals surface area contributed by atoms with E-state index < -0.39 is 11.8 Å². The number of hydrogen-bond donors (Lipinski definition) is 3. The number of nitrogen functional groups attached to an aromatic ring is 1. The van der Waals surface area contributed by atoms with Crippen LogP contribution in [0.4, 0.5) is 10.1 Å². The van der Waals surface area contributed by atoms with Crippen LogP contribution in [0.3, 0.4) is 0 Å². The molecule has 0 saturated heterocycles. The average Bonchev–Trinajstić information content (AvgIpc) is 2.08. The number of halogens is 3. The van der Waals surface area contributed by atoms with Gasteiger partial charge in [-0.2, -0.15) is 0 Å². The van der Waals surface area contributed by atoms with Gasteiger partial charge in [0, 0.05) is 6.07 Å². The summed E-state index contributed by atoms with van der Waals surface area (Å²) < 4.78 is 12.8. The van der Waals surface area contributed by atoms with Crippen LogP contribution >= 0.6 is 24.0 Å². The molecule has 0 amide bonds. The molecule has 4 nitrogen and oxygen atoms in total. The van der Waals surface area contributed by atoms with Crippen molar-refractivity contribution >= 4 is 35.7 Å². The van der Waals surface area contributed by atoms with Gasteiger partial charge in [0.25, 0.3) is 0 Å². The summed E-state index contributed by atoms with van der Waals surface area (Å²) in [5.41, 5.74) is 1.87. The smallest absolute Gasteiger partial charge is 0.337 e. The molecule has 1 aromatic carbocycles. The Morgan fingerprint density at radius 1 is 1.57 bits per heavy atom. The number of aromatic carboxylic acids is 1. The summed E-state index contributed by atoms with van der Waals surface area (Å²) in [7, 11) is 0. The molecule has 1 aromatic rings. The topological polar surface area (TPSA) is 75.3 Å². The van der Waals surface area contributed by atoms with Gasteiger partial charge in [0.05, 0.1) is 16.3 Å². The first-order chi connectivity index (χ1) is 6.06. The number of carboxylic acids is 1. The quantitative estimate of drug-likeness (QED) is 0.545. The zero-order valence-electron chi connectivity index (χ0n) is 6.75. The number of carboxylic acid groups (broad SMARTS) is 1. The zero-order valence-corrected chi connectivity index (χ0v) is 8.32. The van der Waals surface area contributed by atoms with E-state index in [0.717, 1.165) is 12.1 Å². The number of anilines is 1. The number of nitrogens with one attached hydrogen (secondary N) is 1. The van der Waals surface area contributed by atoms with Crippen molar-refractivity contribution in [2.75, 3.05) is 5.43 Å². The predicted molar refractivity (Wildman–Crippen MR) is 53.4 cm³/mol. The summed E-state index contributed by atoms with van der Waals surface area (Å²) in [5.74, 6) is 3.03. The maximum Gasteiger partial charge on any atom is 0.337 e. The molecule has 0 spiro atoms. The Labute approximate surface area is 90.2 Å². The maximum absolute atomic E-state index is 12.8. The standard InChI is InChI=1S/C7H6ClFN2O2.ClH/c8-4-1-3(7(12)13)6(11-10)2-5(4)9;/h1-2,11H,10H2,(H,12,13);1H. The fraction of sp³-hybridized carbons (Fsp3) is 0. The molecule has 0 aromatic heterocycles. The summed E-state index contributed by atoms with van der Waals surface area (Å²) in [4.78, 5) is 10.6.